The van der Waals surface area contributed by atoms with E-state index in [1.54, 1.807) is 0 Å². The van der Waals surface area contributed by atoms with Gasteiger partial charge in [0.2, 0.25) is 0 Å². The van der Waals surface area contributed by atoms with E-state index in [2.05, 4.69) is 25.7 Å². The second kappa shape index (κ2) is 6.98. The van der Waals surface area contributed by atoms with Crippen molar-refractivity contribution in [3.05, 3.63) is 29.3 Å². The van der Waals surface area contributed by atoms with E-state index in [-0.39, 0.29) is 0 Å². The smallest absolute Gasteiger partial charge is 0.122 e. The van der Waals surface area contributed by atoms with Crippen molar-refractivity contribution in [2.75, 3.05) is 13.2 Å². The van der Waals surface area contributed by atoms with E-state index in [1.165, 1.54) is 0 Å². The largest absolute Gasteiger partial charge is 0.493 e. The first-order valence-corrected chi connectivity index (χ1v) is 6.06. The number of benzene rings is 1. The lowest BCUT2D eigenvalue weighted by atomic mass is 10.1. The van der Waals surface area contributed by atoms with Crippen LogP contribution in [0, 0.1) is 24.7 Å². The minimum Gasteiger partial charge on any atom is -0.493 e. The third-order valence-electron chi connectivity index (χ3n) is 2.46. The van der Waals surface area contributed by atoms with E-state index in [9.17, 15) is 0 Å². The summed E-state index contributed by atoms with van der Waals surface area (Å²) >= 11 is 0. The van der Waals surface area contributed by atoms with Crippen molar-refractivity contribution >= 4 is 0 Å². The topological polar surface area (TPSA) is 35.2 Å². The van der Waals surface area contributed by atoms with Crippen LogP contribution in [0.2, 0.25) is 0 Å². The first-order chi connectivity index (χ1) is 8.13. The molecule has 0 aliphatic rings. The third-order valence-corrected chi connectivity index (χ3v) is 2.46. The molecule has 0 atom stereocenters. The Labute approximate surface area is 104 Å². The Balaban J connectivity index is 2.63. The fourth-order valence-corrected chi connectivity index (χ4v) is 1.45. The molecule has 2 heteroatoms. The van der Waals surface area contributed by atoms with Crippen molar-refractivity contribution in [1.82, 2.24) is 0 Å². The number of rotatable bonds is 4. The molecule has 1 aromatic carbocycles. The lowest BCUT2D eigenvalue weighted by Gasteiger charge is -2.10. The van der Waals surface area contributed by atoms with Gasteiger partial charge in [0.15, 0.2) is 0 Å². The van der Waals surface area contributed by atoms with Crippen molar-refractivity contribution in [1.29, 1.82) is 0 Å². The summed E-state index contributed by atoms with van der Waals surface area (Å²) < 4.78 is 5.73. The Morgan fingerprint density at radius 1 is 1.35 bits per heavy atom. The van der Waals surface area contributed by atoms with E-state index >= 15 is 0 Å². The molecule has 1 aromatic rings. The Kier molecular flexibility index (Phi) is 5.59. The van der Waals surface area contributed by atoms with E-state index in [1.807, 2.05) is 25.1 Å². The van der Waals surface area contributed by atoms with E-state index in [0.29, 0.717) is 12.5 Å². The maximum Gasteiger partial charge on any atom is 0.122 e. The molecule has 0 aliphatic carbocycles. The molecule has 2 nitrogen and oxygen atoms in total. The van der Waals surface area contributed by atoms with Gasteiger partial charge in [-0.15, -0.1) is 0 Å². The number of ether oxygens (including phenoxy) is 1. The molecular formula is C15H21NO. The van der Waals surface area contributed by atoms with Gasteiger partial charge in [0.25, 0.3) is 0 Å². The van der Waals surface area contributed by atoms with E-state index in [4.69, 9.17) is 10.5 Å². The molecule has 17 heavy (non-hydrogen) atoms. The molecule has 0 saturated heterocycles. The molecular weight excluding hydrogens is 210 g/mol. The Hall–Kier alpha value is -1.46. The molecule has 0 unspecified atom stereocenters. The van der Waals surface area contributed by atoms with Crippen LogP contribution in [0.5, 0.6) is 5.75 Å². The first-order valence-electron chi connectivity index (χ1n) is 6.06. The van der Waals surface area contributed by atoms with Crippen LogP contribution in [0.15, 0.2) is 18.2 Å². The van der Waals surface area contributed by atoms with Gasteiger partial charge in [-0.25, -0.2) is 0 Å². The predicted octanol–water partition coefficient (Wildman–Crippen LogP) is 2.73. The lowest BCUT2D eigenvalue weighted by molar-refractivity contribution is 0.288. The van der Waals surface area contributed by atoms with Crippen molar-refractivity contribution in [2.24, 2.45) is 11.7 Å². The zero-order valence-electron chi connectivity index (χ0n) is 10.9. The highest BCUT2D eigenvalue weighted by Crippen LogP contribution is 2.19. The number of hydrogen-bond donors (Lipinski definition) is 1. The zero-order chi connectivity index (χ0) is 12.7. The highest BCUT2D eigenvalue weighted by Gasteiger charge is 2.01. The summed E-state index contributed by atoms with van der Waals surface area (Å²) in [5, 5.41) is 0. The quantitative estimate of drug-likeness (QED) is 0.809. The molecule has 2 N–H and O–H groups in total. The summed E-state index contributed by atoms with van der Waals surface area (Å²) in [6.07, 6.45) is 1.08. The number of nitrogens with two attached hydrogens (primary N) is 1. The summed E-state index contributed by atoms with van der Waals surface area (Å²) in [6, 6.07) is 5.99. The molecule has 0 amide bonds. The summed E-state index contributed by atoms with van der Waals surface area (Å²) in [7, 11) is 0. The van der Waals surface area contributed by atoms with Crippen LogP contribution in [0.25, 0.3) is 0 Å². The van der Waals surface area contributed by atoms with Crippen LogP contribution in [0.4, 0.5) is 0 Å². The molecule has 1 rings (SSSR count). The maximum atomic E-state index is 5.73. The first kappa shape index (κ1) is 13.6. The van der Waals surface area contributed by atoms with Gasteiger partial charge in [-0.1, -0.05) is 25.7 Å². The molecule has 0 heterocycles. The average molecular weight is 231 g/mol. The van der Waals surface area contributed by atoms with Gasteiger partial charge < -0.3 is 10.5 Å². The number of aryl methyl sites for hydroxylation is 1. The summed E-state index contributed by atoms with van der Waals surface area (Å²) in [5.74, 6) is 7.48. The minimum absolute atomic E-state index is 0.395. The van der Waals surface area contributed by atoms with Crippen LogP contribution in [-0.2, 0) is 0 Å². The van der Waals surface area contributed by atoms with Gasteiger partial charge >= 0.3 is 0 Å². The maximum absolute atomic E-state index is 5.73. The van der Waals surface area contributed by atoms with Crippen LogP contribution < -0.4 is 10.5 Å². The Morgan fingerprint density at radius 3 is 2.71 bits per heavy atom. The van der Waals surface area contributed by atoms with Crippen molar-refractivity contribution < 1.29 is 4.74 Å². The molecule has 92 valence electrons. The summed E-state index contributed by atoms with van der Waals surface area (Å²) in [6.45, 7) is 7.60. The zero-order valence-corrected chi connectivity index (χ0v) is 10.9. The van der Waals surface area contributed by atoms with Gasteiger partial charge in [0, 0.05) is 5.56 Å². The van der Waals surface area contributed by atoms with Gasteiger partial charge in [0.1, 0.15) is 5.75 Å². The summed E-state index contributed by atoms with van der Waals surface area (Å²) in [5.41, 5.74) is 7.45. The van der Waals surface area contributed by atoms with Crippen molar-refractivity contribution in [3.63, 3.8) is 0 Å². The average Bonchev–Trinajstić information content (AvgIpc) is 2.28. The van der Waals surface area contributed by atoms with Crippen LogP contribution >= 0.6 is 0 Å². The van der Waals surface area contributed by atoms with Crippen LogP contribution in [0.1, 0.15) is 31.4 Å². The highest BCUT2D eigenvalue weighted by molar-refractivity contribution is 5.43. The molecule has 0 aliphatic heterocycles. The SMILES string of the molecule is Cc1cc(C#CCN)ccc1OCCC(C)C. The monoisotopic (exact) mass is 231 g/mol. The van der Waals surface area contributed by atoms with Gasteiger partial charge in [-0.3, -0.25) is 0 Å². The fraction of sp³-hybridized carbons (Fsp3) is 0.467. The van der Waals surface area contributed by atoms with Crippen LogP contribution in [0.3, 0.4) is 0 Å². The van der Waals surface area contributed by atoms with Gasteiger partial charge in [-0.05, 0) is 43.0 Å². The van der Waals surface area contributed by atoms with Crippen molar-refractivity contribution in [3.8, 4) is 17.6 Å². The highest BCUT2D eigenvalue weighted by atomic mass is 16.5. The second-order valence-corrected chi connectivity index (χ2v) is 4.52. The lowest BCUT2D eigenvalue weighted by Crippen LogP contribution is -2.02. The minimum atomic E-state index is 0.395. The fourth-order valence-electron chi connectivity index (χ4n) is 1.45. The molecule has 0 fully saturated rings. The molecule has 0 saturated carbocycles. The third kappa shape index (κ3) is 4.93. The Morgan fingerprint density at radius 2 is 2.12 bits per heavy atom. The predicted molar refractivity (Wildman–Crippen MR) is 72.1 cm³/mol. The van der Waals surface area contributed by atoms with E-state index < -0.39 is 0 Å². The van der Waals surface area contributed by atoms with Crippen molar-refractivity contribution in [2.45, 2.75) is 27.2 Å². The standard InChI is InChI=1S/C15H21NO/c1-12(2)8-10-17-15-7-6-14(5-4-9-16)11-13(15)3/h6-7,11-12H,8-10,16H2,1-3H3. The normalized spacial score (nSPS) is 9.94. The molecule has 0 radical (unpaired) electrons. The van der Waals surface area contributed by atoms with Gasteiger partial charge in [0.05, 0.1) is 13.2 Å². The van der Waals surface area contributed by atoms with Gasteiger partial charge in [-0.2, -0.15) is 0 Å². The van der Waals surface area contributed by atoms with E-state index in [0.717, 1.165) is 29.9 Å². The Bertz CT molecular complexity index is 413. The molecule has 0 bridgehead atoms. The molecule has 0 aromatic heterocycles. The second-order valence-electron chi connectivity index (χ2n) is 4.52. The summed E-state index contributed by atoms with van der Waals surface area (Å²) in [4.78, 5) is 0. The molecule has 0 spiro atoms. The number of hydrogen-bond acceptors (Lipinski definition) is 2. The van der Waals surface area contributed by atoms with Crippen LogP contribution in [-0.4, -0.2) is 13.2 Å².